The number of nitrogens with zero attached hydrogens (tertiary/aromatic N) is 3. The predicted molar refractivity (Wildman–Crippen MR) is 151 cm³/mol. The molecule has 0 radical (unpaired) electrons. The number of pyridine rings is 1. The number of carbonyl (C=O) groups excluding carboxylic acids is 2. The summed E-state index contributed by atoms with van der Waals surface area (Å²) in [5, 5.41) is 12.3. The molecule has 2 amide bonds. The van der Waals surface area contributed by atoms with Crippen LogP contribution in [0, 0.1) is 5.82 Å². The van der Waals surface area contributed by atoms with Gasteiger partial charge in [-0.15, -0.1) is 0 Å². The summed E-state index contributed by atoms with van der Waals surface area (Å²) in [6, 6.07) is 6.78. The third-order valence-electron chi connectivity index (χ3n) is 7.86. The molecule has 1 aromatic heterocycles. The summed E-state index contributed by atoms with van der Waals surface area (Å²) >= 11 is 6.85. The number of rotatable bonds is 6. The number of fused-ring (bicyclic) bond motifs is 2. The molecule has 214 valence electrons. The van der Waals surface area contributed by atoms with E-state index in [1.54, 1.807) is 4.57 Å². The molecule has 12 heteroatoms. The third kappa shape index (κ3) is 4.99. The van der Waals surface area contributed by atoms with Crippen LogP contribution in [-0.4, -0.2) is 53.4 Å². The van der Waals surface area contributed by atoms with E-state index >= 15 is 4.39 Å². The molecule has 1 atom stereocenters. The average molecular weight is 583 g/mol. The van der Waals surface area contributed by atoms with Crippen LogP contribution in [0.5, 0.6) is 0 Å². The maximum atomic E-state index is 15.7. The fourth-order valence-electron chi connectivity index (χ4n) is 5.71. The van der Waals surface area contributed by atoms with Crippen LogP contribution < -0.4 is 20.5 Å². The van der Waals surface area contributed by atoms with Crippen LogP contribution in [0.2, 0.25) is 5.02 Å². The molecule has 41 heavy (non-hydrogen) atoms. The van der Waals surface area contributed by atoms with E-state index in [0.29, 0.717) is 43.7 Å². The van der Waals surface area contributed by atoms with Crippen molar-refractivity contribution in [3.63, 3.8) is 0 Å². The molecule has 0 bridgehead atoms. The molecule has 0 spiro atoms. The topological polar surface area (TPSA) is 121 Å². The average Bonchev–Trinajstić information content (AvgIpc) is 3.72. The number of anilines is 2. The minimum absolute atomic E-state index is 0.00501. The maximum absolute atomic E-state index is 15.7. The molecule has 3 heterocycles. The van der Waals surface area contributed by atoms with Gasteiger partial charge in [0.25, 0.3) is 0 Å². The van der Waals surface area contributed by atoms with Crippen LogP contribution in [-0.2, 0) is 22.5 Å². The quantitative estimate of drug-likeness (QED) is 0.446. The molecule has 6 rings (SSSR count). The number of amides is 2. The van der Waals surface area contributed by atoms with Gasteiger partial charge in [-0.05, 0) is 55.0 Å². The highest BCUT2D eigenvalue weighted by atomic mass is 35.5. The Balaban J connectivity index is 1.32. The second-order valence-corrected chi connectivity index (χ2v) is 11.1. The number of cyclic esters (lactones) is 1. The number of nitrogens with one attached hydrogen (secondary N) is 1. The van der Waals surface area contributed by atoms with Gasteiger partial charge in [-0.25, -0.2) is 14.0 Å². The SMILES string of the molecule is CC(=O)NC[C@H]1CN(c2ccc3c(c2)CCCN(c2c(F)cc4c(=O)c(C(=O)O)cn(C5CC5)c4c2Cl)C3)C(=O)O1. The van der Waals surface area contributed by atoms with Crippen LogP contribution in [0.1, 0.15) is 53.7 Å². The van der Waals surface area contributed by atoms with Gasteiger partial charge < -0.3 is 24.6 Å². The van der Waals surface area contributed by atoms with Gasteiger partial charge in [0.1, 0.15) is 17.5 Å². The first kappa shape index (κ1) is 27.1. The molecular weight excluding hydrogens is 555 g/mol. The Kier molecular flexibility index (Phi) is 6.85. The van der Waals surface area contributed by atoms with Crippen molar-refractivity contribution in [1.82, 2.24) is 9.88 Å². The Morgan fingerprint density at radius 3 is 2.68 bits per heavy atom. The van der Waals surface area contributed by atoms with E-state index in [0.717, 1.165) is 30.0 Å². The standard InChI is InChI=1S/C29H28ClFN4O6/c1-15(36)32-11-20-13-35(29(40)41-20)19-5-4-17-12-33(8-2-3-16(17)9-19)26-23(31)10-21-25(24(26)30)34(18-6-7-18)14-22(27(21)37)28(38)39/h4-5,9-10,14,18,20H,2-3,6-8,11-13H2,1H3,(H,32,36)(H,38,39)/t20-/m0/s1. The molecule has 2 fully saturated rings. The molecule has 2 aromatic carbocycles. The Morgan fingerprint density at radius 1 is 1.20 bits per heavy atom. The zero-order valence-electron chi connectivity index (χ0n) is 22.3. The molecular formula is C29H28ClFN4O6. The van der Waals surface area contributed by atoms with E-state index in [1.165, 1.54) is 18.0 Å². The first-order valence-electron chi connectivity index (χ1n) is 13.5. The van der Waals surface area contributed by atoms with E-state index in [4.69, 9.17) is 16.3 Å². The van der Waals surface area contributed by atoms with Gasteiger partial charge >= 0.3 is 12.1 Å². The molecule has 3 aromatic rings. The molecule has 1 aliphatic carbocycles. The number of aromatic nitrogens is 1. The van der Waals surface area contributed by atoms with Gasteiger partial charge in [0.05, 0.1) is 34.7 Å². The molecule has 10 nitrogen and oxygen atoms in total. The van der Waals surface area contributed by atoms with Gasteiger partial charge in [-0.3, -0.25) is 14.5 Å². The summed E-state index contributed by atoms with van der Waals surface area (Å²) in [4.78, 5) is 51.8. The lowest BCUT2D eigenvalue weighted by atomic mass is 10.0. The number of hydrogen-bond donors (Lipinski definition) is 2. The van der Waals surface area contributed by atoms with Crippen LogP contribution in [0.15, 0.2) is 35.3 Å². The summed E-state index contributed by atoms with van der Waals surface area (Å²) in [5.41, 5.74) is 2.01. The Bertz CT molecular complexity index is 1670. The van der Waals surface area contributed by atoms with E-state index in [2.05, 4.69) is 5.32 Å². The monoisotopic (exact) mass is 582 g/mol. The van der Waals surface area contributed by atoms with E-state index in [1.807, 2.05) is 23.1 Å². The fourth-order valence-corrected chi connectivity index (χ4v) is 6.12. The third-order valence-corrected chi connectivity index (χ3v) is 8.22. The van der Waals surface area contributed by atoms with Crippen LogP contribution >= 0.6 is 11.6 Å². The van der Waals surface area contributed by atoms with Crippen molar-refractivity contribution in [1.29, 1.82) is 0 Å². The summed E-state index contributed by atoms with van der Waals surface area (Å²) in [6.07, 6.45) is 3.41. The van der Waals surface area contributed by atoms with E-state index < -0.39 is 35.0 Å². The smallest absolute Gasteiger partial charge is 0.414 e. The molecule has 3 aliphatic rings. The number of benzene rings is 2. The maximum Gasteiger partial charge on any atom is 0.414 e. The van der Waals surface area contributed by atoms with Crippen molar-refractivity contribution in [2.75, 3.05) is 29.4 Å². The number of ether oxygens (including phenoxy) is 1. The van der Waals surface area contributed by atoms with Crippen LogP contribution in [0.3, 0.4) is 0 Å². The zero-order chi connectivity index (χ0) is 29.0. The number of carboxylic acid groups (broad SMARTS) is 1. The minimum atomic E-state index is -1.36. The van der Waals surface area contributed by atoms with Crippen LogP contribution in [0.25, 0.3) is 10.9 Å². The summed E-state index contributed by atoms with van der Waals surface area (Å²) in [7, 11) is 0. The van der Waals surface area contributed by atoms with Crippen molar-refractivity contribution >= 4 is 51.8 Å². The molecule has 1 saturated carbocycles. The minimum Gasteiger partial charge on any atom is -0.477 e. The normalized spacial score (nSPS) is 18.7. The molecule has 2 N–H and O–H groups in total. The van der Waals surface area contributed by atoms with Gasteiger partial charge in [0.2, 0.25) is 11.3 Å². The number of aryl methyl sites for hydroxylation is 1. The Labute approximate surface area is 239 Å². The largest absolute Gasteiger partial charge is 0.477 e. The summed E-state index contributed by atoms with van der Waals surface area (Å²) < 4.78 is 22.8. The Hall–Kier alpha value is -4.12. The number of carboxylic acids is 1. The highest BCUT2D eigenvalue weighted by Gasteiger charge is 2.34. The second kappa shape index (κ2) is 10.4. The number of hydrogen-bond acceptors (Lipinski definition) is 6. The highest BCUT2D eigenvalue weighted by Crippen LogP contribution is 2.43. The second-order valence-electron chi connectivity index (χ2n) is 10.8. The zero-order valence-corrected chi connectivity index (χ0v) is 23.0. The highest BCUT2D eigenvalue weighted by molar-refractivity contribution is 6.38. The lowest BCUT2D eigenvalue weighted by Gasteiger charge is -2.26. The number of aromatic carboxylic acids is 1. The van der Waals surface area contributed by atoms with Crippen molar-refractivity contribution < 1.29 is 28.6 Å². The first-order chi connectivity index (χ1) is 19.6. The molecule has 1 saturated heterocycles. The number of carbonyl (C=O) groups is 3. The molecule has 0 unspecified atom stereocenters. The van der Waals surface area contributed by atoms with Crippen molar-refractivity contribution in [2.45, 2.75) is 51.3 Å². The molecule has 2 aliphatic heterocycles. The van der Waals surface area contributed by atoms with Crippen molar-refractivity contribution in [3.8, 4) is 0 Å². The Morgan fingerprint density at radius 2 is 1.98 bits per heavy atom. The van der Waals surface area contributed by atoms with Crippen molar-refractivity contribution in [2.24, 2.45) is 0 Å². The number of halogens is 2. The van der Waals surface area contributed by atoms with Gasteiger partial charge in [-0.2, -0.15) is 0 Å². The lowest BCUT2D eigenvalue weighted by Crippen LogP contribution is -2.33. The van der Waals surface area contributed by atoms with Gasteiger partial charge in [0.15, 0.2) is 0 Å². The van der Waals surface area contributed by atoms with Crippen molar-refractivity contribution in [3.05, 3.63) is 68.2 Å². The fraction of sp³-hybridized carbons (Fsp3) is 0.379. The predicted octanol–water partition coefficient (Wildman–Crippen LogP) is 4.24. The first-order valence-corrected chi connectivity index (χ1v) is 13.9. The van der Waals surface area contributed by atoms with Crippen LogP contribution in [0.4, 0.5) is 20.6 Å². The summed E-state index contributed by atoms with van der Waals surface area (Å²) in [5.74, 6) is -2.24. The van der Waals surface area contributed by atoms with E-state index in [-0.39, 0.29) is 34.6 Å². The van der Waals surface area contributed by atoms with Gasteiger partial charge in [0, 0.05) is 37.9 Å². The lowest BCUT2D eigenvalue weighted by molar-refractivity contribution is -0.119. The van der Waals surface area contributed by atoms with E-state index in [9.17, 15) is 24.3 Å². The summed E-state index contributed by atoms with van der Waals surface area (Å²) in [6.45, 7) is 2.81. The van der Waals surface area contributed by atoms with Gasteiger partial charge in [-0.1, -0.05) is 17.7 Å².